The summed E-state index contributed by atoms with van der Waals surface area (Å²) in [7, 11) is 0. The van der Waals surface area contributed by atoms with Crippen LogP contribution in [0.4, 0.5) is 30.2 Å². The lowest BCUT2D eigenvalue weighted by Crippen LogP contribution is -2.14. The van der Waals surface area contributed by atoms with Crippen molar-refractivity contribution in [2.24, 2.45) is 5.73 Å². The average molecular weight is 281 g/mol. The summed E-state index contributed by atoms with van der Waals surface area (Å²) in [5.74, 6) is -4.37. The number of carbonyl (C=O) groups is 1. The maximum atomic E-state index is 13.5. The Labute approximate surface area is 112 Å². The van der Waals surface area contributed by atoms with E-state index in [-0.39, 0.29) is 16.9 Å². The summed E-state index contributed by atoms with van der Waals surface area (Å²) in [5.41, 5.74) is 10.6. The summed E-state index contributed by atoms with van der Waals surface area (Å²) in [6.45, 7) is 0. The van der Waals surface area contributed by atoms with Gasteiger partial charge in [0.05, 0.1) is 16.9 Å². The molecule has 0 aliphatic carbocycles. The number of halogens is 3. The standard InChI is InChI=1S/C13H10F3N3O/c14-6-3-9(15)12(16)11(4-6)19-10-2-1-7(17)5-8(10)13(18)20/h1-5,19H,17H2,(H2,18,20). The molecule has 0 saturated carbocycles. The van der Waals surface area contributed by atoms with E-state index in [4.69, 9.17) is 11.5 Å². The number of anilines is 3. The van der Waals surface area contributed by atoms with Gasteiger partial charge in [0.2, 0.25) is 0 Å². The van der Waals surface area contributed by atoms with Gasteiger partial charge in [-0.1, -0.05) is 0 Å². The van der Waals surface area contributed by atoms with Crippen LogP contribution in [-0.4, -0.2) is 5.91 Å². The molecule has 0 atom stereocenters. The van der Waals surface area contributed by atoms with Crippen molar-refractivity contribution in [3.8, 4) is 0 Å². The molecular weight excluding hydrogens is 271 g/mol. The maximum Gasteiger partial charge on any atom is 0.250 e. The van der Waals surface area contributed by atoms with Crippen LogP contribution in [-0.2, 0) is 0 Å². The second-order valence-electron chi connectivity index (χ2n) is 4.04. The van der Waals surface area contributed by atoms with Gasteiger partial charge in [0.25, 0.3) is 5.91 Å². The molecule has 0 bridgehead atoms. The Kier molecular flexibility index (Phi) is 3.51. The van der Waals surface area contributed by atoms with Crippen LogP contribution in [0.3, 0.4) is 0 Å². The van der Waals surface area contributed by atoms with Gasteiger partial charge in [0.1, 0.15) is 5.82 Å². The quantitative estimate of drug-likeness (QED) is 0.597. The smallest absolute Gasteiger partial charge is 0.250 e. The molecule has 2 aromatic rings. The first-order valence-corrected chi connectivity index (χ1v) is 5.49. The van der Waals surface area contributed by atoms with Crippen LogP contribution in [0.25, 0.3) is 0 Å². The Morgan fingerprint density at radius 1 is 1.05 bits per heavy atom. The Bertz CT molecular complexity index is 689. The molecule has 7 heteroatoms. The zero-order valence-corrected chi connectivity index (χ0v) is 10.1. The largest absolute Gasteiger partial charge is 0.399 e. The Balaban J connectivity index is 2.48. The fraction of sp³-hybridized carbons (Fsp3) is 0. The minimum absolute atomic E-state index is 0.0194. The second kappa shape index (κ2) is 5.12. The monoisotopic (exact) mass is 281 g/mol. The lowest BCUT2D eigenvalue weighted by Gasteiger charge is -2.12. The van der Waals surface area contributed by atoms with Gasteiger partial charge in [-0.2, -0.15) is 0 Å². The first-order valence-electron chi connectivity index (χ1n) is 5.49. The van der Waals surface area contributed by atoms with Crippen molar-refractivity contribution in [2.45, 2.75) is 0 Å². The topological polar surface area (TPSA) is 81.1 Å². The molecule has 0 radical (unpaired) electrons. The molecule has 2 rings (SSSR count). The minimum atomic E-state index is -1.34. The lowest BCUT2D eigenvalue weighted by atomic mass is 10.1. The highest BCUT2D eigenvalue weighted by Gasteiger charge is 2.14. The zero-order chi connectivity index (χ0) is 14.9. The van der Waals surface area contributed by atoms with E-state index in [1.54, 1.807) is 0 Å². The summed E-state index contributed by atoms with van der Waals surface area (Å²) >= 11 is 0. The Hall–Kier alpha value is -2.70. The van der Waals surface area contributed by atoms with Crippen LogP contribution in [0, 0.1) is 17.5 Å². The summed E-state index contributed by atoms with van der Waals surface area (Å²) < 4.78 is 39.7. The lowest BCUT2D eigenvalue weighted by molar-refractivity contribution is 0.100. The highest BCUT2D eigenvalue weighted by molar-refractivity contribution is 6.00. The van der Waals surface area contributed by atoms with E-state index < -0.39 is 29.0 Å². The van der Waals surface area contributed by atoms with Crippen molar-refractivity contribution in [1.82, 2.24) is 0 Å². The number of nitrogen functional groups attached to an aromatic ring is 1. The van der Waals surface area contributed by atoms with Gasteiger partial charge in [-0.05, 0) is 18.2 Å². The highest BCUT2D eigenvalue weighted by atomic mass is 19.2. The molecule has 104 valence electrons. The van der Waals surface area contributed by atoms with Crippen LogP contribution < -0.4 is 16.8 Å². The second-order valence-corrected chi connectivity index (χ2v) is 4.04. The van der Waals surface area contributed by atoms with Crippen LogP contribution >= 0.6 is 0 Å². The predicted octanol–water partition coefficient (Wildman–Crippen LogP) is 2.53. The van der Waals surface area contributed by atoms with Crippen molar-refractivity contribution >= 4 is 23.0 Å². The summed E-state index contributed by atoms with van der Waals surface area (Å²) in [5, 5.41) is 2.42. The molecule has 0 saturated heterocycles. The SMILES string of the molecule is NC(=O)c1cc(N)ccc1Nc1cc(F)cc(F)c1F. The van der Waals surface area contributed by atoms with Crippen molar-refractivity contribution in [3.63, 3.8) is 0 Å². The summed E-state index contributed by atoms with van der Waals surface area (Å²) in [6.07, 6.45) is 0. The maximum absolute atomic E-state index is 13.5. The molecule has 0 aliphatic heterocycles. The molecule has 0 aliphatic rings. The molecule has 1 amide bonds. The number of nitrogens with two attached hydrogens (primary N) is 2. The van der Waals surface area contributed by atoms with Gasteiger partial charge in [-0.25, -0.2) is 13.2 Å². The number of hydrogen-bond donors (Lipinski definition) is 3. The minimum Gasteiger partial charge on any atom is -0.399 e. The Morgan fingerprint density at radius 3 is 2.40 bits per heavy atom. The molecule has 4 nitrogen and oxygen atoms in total. The molecule has 0 spiro atoms. The molecule has 2 aromatic carbocycles. The van der Waals surface area contributed by atoms with Gasteiger partial charge >= 0.3 is 0 Å². The fourth-order valence-corrected chi connectivity index (χ4v) is 1.67. The van der Waals surface area contributed by atoms with E-state index in [2.05, 4.69) is 5.32 Å². The van der Waals surface area contributed by atoms with Crippen molar-refractivity contribution in [1.29, 1.82) is 0 Å². The number of nitrogens with one attached hydrogen (secondary N) is 1. The number of amides is 1. The molecule has 20 heavy (non-hydrogen) atoms. The number of primary amides is 1. The molecule has 0 heterocycles. The number of carbonyl (C=O) groups excluding carboxylic acids is 1. The third kappa shape index (κ3) is 2.66. The summed E-state index contributed by atoms with van der Waals surface area (Å²) in [6, 6.07) is 5.25. The van der Waals surface area contributed by atoms with Crippen molar-refractivity contribution < 1.29 is 18.0 Å². The number of rotatable bonds is 3. The Morgan fingerprint density at radius 2 is 1.75 bits per heavy atom. The van der Waals surface area contributed by atoms with Crippen molar-refractivity contribution in [3.05, 3.63) is 53.3 Å². The average Bonchev–Trinajstić information content (AvgIpc) is 2.37. The van der Waals surface area contributed by atoms with E-state index in [9.17, 15) is 18.0 Å². The fourth-order valence-electron chi connectivity index (χ4n) is 1.67. The van der Waals surface area contributed by atoms with Gasteiger partial charge in [0.15, 0.2) is 11.6 Å². The van der Waals surface area contributed by atoms with E-state index in [0.717, 1.165) is 6.07 Å². The highest BCUT2D eigenvalue weighted by Crippen LogP contribution is 2.26. The third-order valence-corrected chi connectivity index (χ3v) is 2.57. The van der Waals surface area contributed by atoms with E-state index in [0.29, 0.717) is 6.07 Å². The summed E-state index contributed by atoms with van der Waals surface area (Å²) in [4.78, 5) is 11.3. The molecule has 0 fully saturated rings. The third-order valence-electron chi connectivity index (χ3n) is 2.57. The number of benzene rings is 2. The van der Waals surface area contributed by atoms with Crippen molar-refractivity contribution in [2.75, 3.05) is 11.1 Å². The van der Waals surface area contributed by atoms with E-state index >= 15 is 0 Å². The van der Waals surface area contributed by atoms with Crippen LogP contribution in [0.2, 0.25) is 0 Å². The normalized spacial score (nSPS) is 10.3. The van der Waals surface area contributed by atoms with Gasteiger partial charge in [-0.3, -0.25) is 4.79 Å². The van der Waals surface area contributed by atoms with Crippen LogP contribution in [0.1, 0.15) is 10.4 Å². The molecule has 0 aromatic heterocycles. The van der Waals surface area contributed by atoms with Gasteiger partial charge < -0.3 is 16.8 Å². The first-order chi connectivity index (χ1) is 9.38. The number of hydrogen-bond acceptors (Lipinski definition) is 3. The van der Waals surface area contributed by atoms with Gasteiger partial charge in [0, 0.05) is 17.8 Å². The molecular formula is C13H10F3N3O. The van der Waals surface area contributed by atoms with Crippen LogP contribution in [0.5, 0.6) is 0 Å². The molecule has 0 unspecified atom stereocenters. The zero-order valence-electron chi connectivity index (χ0n) is 10.1. The first kappa shape index (κ1) is 13.7. The van der Waals surface area contributed by atoms with E-state index in [1.165, 1.54) is 18.2 Å². The van der Waals surface area contributed by atoms with Crippen LogP contribution in [0.15, 0.2) is 30.3 Å². The van der Waals surface area contributed by atoms with E-state index in [1.807, 2.05) is 0 Å². The van der Waals surface area contributed by atoms with Gasteiger partial charge in [-0.15, -0.1) is 0 Å². The molecule has 5 N–H and O–H groups in total. The predicted molar refractivity (Wildman–Crippen MR) is 69.0 cm³/mol.